The molecule has 1 atom stereocenters. The summed E-state index contributed by atoms with van der Waals surface area (Å²) in [5, 5.41) is 6.91. The molecule has 2 heterocycles. The van der Waals surface area contributed by atoms with Crippen molar-refractivity contribution in [3.8, 4) is 5.75 Å². The molecule has 2 aromatic heterocycles. The Balaban J connectivity index is 1.39. The number of aromatic amines is 1. The first-order valence-electron chi connectivity index (χ1n) is 16.3. The number of rotatable bonds is 12. The largest absolute Gasteiger partial charge is 0.497 e. The van der Waals surface area contributed by atoms with Gasteiger partial charge in [-0.3, -0.25) is 14.8 Å². The summed E-state index contributed by atoms with van der Waals surface area (Å²) in [6.07, 6.45) is 7.95. The minimum Gasteiger partial charge on any atom is -0.497 e. The number of methoxy groups -OCH3 is 1. The predicted octanol–water partition coefficient (Wildman–Crippen LogP) is 8.13. The van der Waals surface area contributed by atoms with Gasteiger partial charge in [-0.05, 0) is 77.6 Å². The van der Waals surface area contributed by atoms with Crippen LogP contribution in [0.5, 0.6) is 5.75 Å². The summed E-state index contributed by atoms with van der Waals surface area (Å²) in [6.45, 7) is 2.60. The number of nitrogens with zero attached hydrogens (tertiary/aromatic N) is 3. The van der Waals surface area contributed by atoms with E-state index in [2.05, 4.69) is 105 Å². The molecule has 6 rings (SSSR count). The quantitative estimate of drug-likeness (QED) is 0.105. The van der Waals surface area contributed by atoms with Gasteiger partial charge in [0.1, 0.15) is 17.3 Å². The Kier molecular flexibility index (Phi) is 10.3. The highest BCUT2D eigenvalue weighted by Crippen LogP contribution is 2.27. The number of hydrogen-bond donors (Lipinski definition) is 2. The van der Waals surface area contributed by atoms with Crippen LogP contribution in [0.2, 0.25) is 0 Å². The van der Waals surface area contributed by atoms with Crippen LogP contribution in [0.1, 0.15) is 40.5 Å². The number of para-hydroxylation sites is 1. The minimum absolute atomic E-state index is 0.224. The van der Waals surface area contributed by atoms with Crippen molar-refractivity contribution in [3.05, 3.63) is 156 Å². The number of carbonyl (C=O) groups excluding carboxylic acids is 1. The summed E-state index contributed by atoms with van der Waals surface area (Å²) >= 11 is 0. The first-order chi connectivity index (χ1) is 23.6. The van der Waals surface area contributed by atoms with Gasteiger partial charge < -0.3 is 19.9 Å². The summed E-state index contributed by atoms with van der Waals surface area (Å²) in [6, 6.07) is 36.3. The molecule has 48 heavy (non-hydrogen) atoms. The van der Waals surface area contributed by atoms with E-state index >= 15 is 0 Å². The molecule has 4 aromatic carbocycles. The molecule has 0 bridgehead atoms. The topological polar surface area (TPSA) is 82.6 Å². The Morgan fingerprint density at radius 2 is 1.67 bits per heavy atom. The molecule has 0 aliphatic heterocycles. The number of aryl methyl sites for hydroxylation is 1. The average molecular weight is 636 g/mol. The highest BCUT2D eigenvalue weighted by atomic mass is 16.5. The number of carbonyl (C=O) groups is 1. The lowest BCUT2D eigenvalue weighted by molar-refractivity contribution is 0.0933. The van der Waals surface area contributed by atoms with Crippen LogP contribution in [-0.4, -0.2) is 46.8 Å². The number of ether oxygens (including phenoxy) is 1. The standard InChI is InChI=1S/C41H41N5O2/c1-4-39(38(45-41(47)37-18-9-10-25-43-37)26-31-14-11-13-30-12-5-6-15-34(30)31)46(28-29-19-22-33(48-3)23-20-29)40(42-2)24-21-32-27-44-36-17-8-7-16-35(32)36/h4-20,22-23,25,27,38,44H,21,24,26,28H2,1-3H3,(H,45,47)/b39-4+,42-40?/t38-/m1/s1. The average Bonchev–Trinajstić information content (AvgIpc) is 3.55. The normalized spacial score (nSPS) is 12.6. The van der Waals surface area contributed by atoms with E-state index in [1.54, 1.807) is 19.4 Å². The number of fused-ring (bicyclic) bond motifs is 2. The first kappa shape index (κ1) is 32.3. The molecule has 2 N–H and O–H groups in total. The highest BCUT2D eigenvalue weighted by molar-refractivity contribution is 5.93. The van der Waals surface area contributed by atoms with Crippen molar-refractivity contribution in [2.75, 3.05) is 14.2 Å². The molecule has 6 aromatic rings. The molecule has 1 amide bonds. The van der Waals surface area contributed by atoms with E-state index < -0.39 is 0 Å². The number of H-pyrrole nitrogens is 1. The van der Waals surface area contributed by atoms with Crippen LogP contribution in [0.15, 0.2) is 138 Å². The summed E-state index contributed by atoms with van der Waals surface area (Å²) in [4.78, 5) is 28.7. The van der Waals surface area contributed by atoms with E-state index in [0.29, 0.717) is 25.1 Å². The SMILES string of the molecule is C/C=C(\[C@@H](Cc1cccc2ccccc12)NC(=O)c1ccccn1)N(Cc1ccc(OC)cc1)C(CCc1c[nH]c2ccccc12)=NC. The fourth-order valence-electron chi connectivity index (χ4n) is 6.39. The van der Waals surface area contributed by atoms with Crippen LogP contribution < -0.4 is 10.1 Å². The second kappa shape index (κ2) is 15.3. The second-order valence-corrected chi connectivity index (χ2v) is 11.7. The maximum absolute atomic E-state index is 13.8. The van der Waals surface area contributed by atoms with E-state index in [0.717, 1.165) is 51.1 Å². The molecule has 0 fully saturated rings. The van der Waals surface area contributed by atoms with Gasteiger partial charge >= 0.3 is 0 Å². The molecule has 7 nitrogen and oxygen atoms in total. The van der Waals surface area contributed by atoms with E-state index in [9.17, 15) is 4.79 Å². The number of nitrogens with one attached hydrogen (secondary N) is 2. The predicted molar refractivity (Wildman–Crippen MR) is 195 cm³/mol. The van der Waals surface area contributed by atoms with Gasteiger partial charge in [0.15, 0.2) is 0 Å². The number of benzene rings is 4. The van der Waals surface area contributed by atoms with Crippen molar-refractivity contribution >= 4 is 33.4 Å². The van der Waals surface area contributed by atoms with Gasteiger partial charge in [-0.1, -0.05) is 84.9 Å². The molecule has 0 radical (unpaired) electrons. The number of aromatic nitrogens is 2. The fraction of sp³-hybridized carbons (Fsp3) is 0.195. The molecule has 0 aliphatic rings. The number of pyridine rings is 1. The van der Waals surface area contributed by atoms with Crippen LogP contribution in [0.3, 0.4) is 0 Å². The molecular formula is C41H41N5O2. The lowest BCUT2D eigenvalue weighted by Gasteiger charge is -2.34. The number of aliphatic imine (C=N–C) groups is 1. The van der Waals surface area contributed by atoms with Gasteiger partial charge in [-0.15, -0.1) is 0 Å². The van der Waals surface area contributed by atoms with Crippen LogP contribution in [-0.2, 0) is 19.4 Å². The lowest BCUT2D eigenvalue weighted by atomic mass is 9.96. The Morgan fingerprint density at radius 3 is 2.42 bits per heavy atom. The number of amidine groups is 1. The zero-order valence-electron chi connectivity index (χ0n) is 27.7. The highest BCUT2D eigenvalue weighted by Gasteiger charge is 2.27. The van der Waals surface area contributed by atoms with Crippen LogP contribution in [0.25, 0.3) is 21.7 Å². The van der Waals surface area contributed by atoms with Crippen molar-refractivity contribution in [2.24, 2.45) is 4.99 Å². The van der Waals surface area contributed by atoms with Crippen LogP contribution in [0, 0.1) is 0 Å². The summed E-state index contributed by atoms with van der Waals surface area (Å²) in [7, 11) is 3.53. The summed E-state index contributed by atoms with van der Waals surface area (Å²) < 4.78 is 5.45. The van der Waals surface area contributed by atoms with Gasteiger partial charge in [-0.2, -0.15) is 0 Å². The maximum Gasteiger partial charge on any atom is 0.270 e. The van der Waals surface area contributed by atoms with Crippen molar-refractivity contribution in [2.45, 2.75) is 38.8 Å². The fourth-order valence-corrected chi connectivity index (χ4v) is 6.39. The summed E-state index contributed by atoms with van der Waals surface area (Å²) in [5.41, 5.74) is 5.96. The van der Waals surface area contributed by atoms with Crippen molar-refractivity contribution in [3.63, 3.8) is 0 Å². The smallest absolute Gasteiger partial charge is 0.270 e. The molecular weight excluding hydrogens is 594 g/mol. The van der Waals surface area contributed by atoms with E-state index in [1.165, 1.54) is 10.9 Å². The molecule has 0 spiro atoms. The summed E-state index contributed by atoms with van der Waals surface area (Å²) in [5.74, 6) is 1.51. The van der Waals surface area contributed by atoms with Gasteiger partial charge in [0.05, 0.1) is 13.2 Å². The van der Waals surface area contributed by atoms with E-state index in [-0.39, 0.29) is 11.9 Å². The molecule has 0 unspecified atom stereocenters. The molecule has 0 saturated heterocycles. The van der Waals surface area contributed by atoms with Crippen molar-refractivity contribution in [1.82, 2.24) is 20.2 Å². The number of amides is 1. The molecule has 0 saturated carbocycles. The zero-order valence-corrected chi connectivity index (χ0v) is 27.7. The van der Waals surface area contributed by atoms with E-state index in [4.69, 9.17) is 9.73 Å². The van der Waals surface area contributed by atoms with Gasteiger partial charge in [0, 0.05) is 49.0 Å². The Bertz CT molecular complexity index is 2040. The lowest BCUT2D eigenvalue weighted by Crippen LogP contribution is -2.45. The first-order valence-corrected chi connectivity index (χ1v) is 16.3. The van der Waals surface area contributed by atoms with Gasteiger partial charge in [0.25, 0.3) is 5.91 Å². The van der Waals surface area contributed by atoms with Gasteiger partial charge in [-0.25, -0.2) is 0 Å². The Hall–Kier alpha value is -5.69. The third kappa shape index (κ3) is 7.31. The monoisotopic (exact) mass is 635 g/mol. The maximum atomic E-state index is 13.8. The zero-order chi connectivity index (χ0) is 33.3. The van der Waals surface area contributed by atoms with Crippen molar-refractivity contribution in [1.29, 1.82) is 0 Å². The van der Waals surface area contributed by atoms with E-state index in [1.807, 2.05) is 44.3 Å². The second-order valence-electron chi connectivity index (χ2n) is 11.7. The number of hydrogen-bond acceptors (Lipinski definition) is 4. The van der Waals surface area contributed by atoms with Crippen molar-refractivity contribution < 1.29 is 9.53 Å². The minimum atomic E-state index is -0.376. The Labute approximate surface area is 282 Å². The molecule has 242 valence electrons. The third-order valence-electron chi connectivity index (χ3n) is 8.83. The molecule has 7 heteroatoms. The Morgan fingerprint density at radius 1 is 0.917 bits per heavy atom. The number of allylic oxidation sites excluding steroid dienone is 1. The van der Waals surface area contributed by atoms with Crippen LogP contribution in [0.4, 0.5) is 0 Å². The third-order valence-corrected chi connectivity index (χ3v) is 8.83. The van der Waals surface area contributed by atoms with Crippen LogP contribution >= 0.6 is 0 Å². The molecule has 0 aliphatic carbocycles. The van der Waals surface area contributed by atoms with Gasteiger partial charge in [0.2, 0.25) is 0 Å².